The lowest BCUT2D eigenvalue weighted by molar-refractivity contribution is -0.346. The zero-order chi connectivity index (χ0) is 35.1. The Labute approximate surface area is 279 Å². The molecule has 1 saturated heterocycles. The first-order valence-corrected chi connectivity index (χ1v) is 17.7. The first-order chi connectivity index (χ1) is 21.6. The Morgan fingerprint density at radius 3 is 2.17 bits per heavy atom. The number of rotatable bonds is 8. The summed E-state index contributed by atoms with van der Waals surface area (Å²) in [5, 5.41) is 86.5. The third kappa shape index (κ3) is 5.87. The predicted octanol–water partition coefficient (Wildman–Crippen LogP) is 2.76. The molecule has 1 heterocycles. The zero-order valence-electron chi connectivity index (χ0n) is 29.5. The Morgan fingerprint density at radius 2 is 1.55 bits per heavy atom. The number of fused-ring (bicyclic) bond motifs is 5. The summed E-state index contributed by atoms with van der Waals surface area (Å²) in [5.41, 5.74) is -3.76. The van der Waals surface area contributed by atoms with Crippen molar-refractivity contribution in [1.82, 2.24) is 0 Å². The highest BCUT2D eigenvalue weighted by molar-refractivity contribution is 5.22. The van der Waals surface area contributed by atoms with E-state index in [2.05, 4.69) is 39.5 Å². The summed E-state index contributed by atoms with van der Waals surface area (Å²) in [6.45, 7) is 15.6. The van der Waals surface area contributed by atoms with Gasteiger partial charge in [0.25, 0.3) is 0 Å². The van der Waals surface area contributed by atoms with Crippen molar-refractivity contribution < 1.29 is 55.4 Å². The van der Waals surface area contributed by atoms with Gasteiger partial charge in [0.2, 0.25) is 0 Å². The van der Waals surface area contributed by atoms with Gasteiger partial charge in [-0.25, -0.2) is 4.89 Å². The molecule has 4 saturated carbocycles. The third-order valence-electron chi connectivity index (χ3n) is 14.5. The van der Waals surface area contributed by atoms with E-state index in [1.165, 1.54) is 0 Å². The molecular weight excluding hydrogens is 608 g/mol. The van der Waals surface area contributed by atoms with Crippen molar-refractivity contribution >= 4 is 0 Å². The molecule has 0 spiro atoms. The van der Waals surface area contributed by atoms with Crippen LogP contribution in [0.15, 0.2) is 12.2 Å². The summed E-state index contributed by atoms with van der Waals surface area (Å²) < 4.78 is 12.6. The highest BCUT2D eigenvalue weighted by atomic mass is 17.1. The largest absolute Gasteiger partial charge is 0.394 e. The van der Waals surface area contributed by atoms with Gasteiger partial charge in [0, 0.05) is 0 Å². The molecule has 5 fully saturated rings. The molecule has 0 bridgehead atoms. The lowest BCUT2D eigenvalue weighted by Gasteiger charge is -2.72. The summed E-state index contributed by atoms with van der Waals surface area (Å²) in [7, 11) is 0. The van der Waals surface area contributed by atoms with E-state index in [0.29, 0.717) is 25.7 Å². The van der Waals surface area contributed by atoms with Crippen LogP contribution < -0.4 is 0 Å². The molecule has 5 aliphatic rings. The minimum Gasteiger partial charge on any atom is -0.394 e. The fraction of sp³-hybridized carbons (Fsp3) is 0.944. The topological polar surface area (TPSA) is 190 Å². The Balaban J connectivity index is 1.53. The molecule has 16 atom stereocenters. The highest BCUT2D eigenvalue weighted by Crippen LogP contribution is 2.76. The van der Waals surface area contributed by atoms with Gasteiger partial charge in [-0.2, -0.15) is 0 Å². The van der Waals surface area contributed by atoms with Gasteiger partial charge in [0.05, 0.1) is 30.5 Å². The molecule has 0 amide bonds. The fourth-order valence-corrected chi connectivity index (χ4v) is 11.8. The van der Waals surface area contributed by atoms with E-state index < -0.39 is 77.7 Å². The van der Waals surface area contributed by atoms with Gasteiger partial charge >= 0.3 is 0 Å². The lowest BCUT2D eigenvalue weighted by atomic mass is 9.34. The molecule has 8 N–H and O–H groups in total. The second kappa shape index (κ2) is 12.5. The molecule has 4 aliphatic carbocycles. The second-order valence-corrected chi connectivity index (χ2v) is 18.0. The Morgan fingerprint density at radius 1 is 0.894 bits per heavy atom. The SMILES string of the molecule is CC(C)(C=CCC(C)(O)C1CCC2(C)C1C(O)CC1C3(C)CCC(O)C(C)(C)C3C(OC3OC(CO)C(O)C(O)C3O)CC12C)OO. The molecule has 47 heavy (non-hydrogen) atoms. The first-order valence-electron chi connectivity index (χ1n) is 17.7. The van der Waals surface area contributed by atoms with Gasteiger partial charge < -0.3 is 45.2 Å². The van der Waals surface area contributed by atoms with Gasteiger partial charge in [0.15, 0.2) is 6.29 Å². The van der Waals surface area contributed by atoms with Crippen LogP contribution in [0.5, 0.6) is 0 Å². The van der Waals surface area contributed by atoms with E-state index in [0.717, 1.165) is 19.3 Å². The molecule has 11 heteroatoms. The van der Waals surface area contributed by atoms with E-state index in [4.69, 9.17) is 9.47 Å². The van der Waals surface area contributed by atoms with Gasteiger partial charge in [-0.1, -0.05) is 46.8 Å². The lowest BCUT2D eigenvalue weighted by Crippen LogP contribution is -2.71. The van der Waals surface area contributed by atoms with Crippen molar-refractivity contribution in [3.63, 3.8) is 0 Å². The van der Waals surface area contributed by atoms with Crippen LogP contribution in [0.1, 0.15) is 100 Å². The van der Waals surface area contributed by atoms with Crippen molar-refractivity contribution in [1.29, 1.82) is 0 Å². The summed E-state index contributed by atoms with van der Waals surface area (Å²) in [6, 6.07) is 0. The van der Waals surface area contributed by atoms with Crippen LogP contribution in [-0.4, -0.2) is 108 Å². The van der Waals surface area contributed by atoms with Crippen molar-refractivity contribution in [3.8, 4) is 0 Å². The van der Waals surface area contributed by atoms with Crippen LogP contribution in [0.3, 0.4) is 0 Å². The molecule has 16 unspecified atom stereocenters. The molecule has 0 aromatic carbocycles. The zero-order valence-corrected chi connectivity index (χ0v) is 29.5. The van der Waals surface area contributed by atoms with Crippen molar-refractivity contribution in [3.05, 3.63) is 12.2 Å². The van der Waals surface area contributed by atoms with E-state index in [-0.39, 0.29) is 34.5 Å². The predicted molar refractivity (Wildman–Crippen MR) is 173 cm³/mol. The Bertz CT molecular complexity index is 1160. The molecular formula is C36H62O11. The van der Waals surface area contributed by atoms with Crippen molar-refractivity contribution in [2.24, 2.45) is 45.3 Å². The molecule has 1 aliphatic heterocycles. The van der Waals surface area contributed by atoms with E-state index in [1.54, 1.807) is 19.9 Å². The van der Waals surface area contributed by atoms with Crippen LogP contribution in [-0.2, 0) is 14.4 Å². The third-order valence-corrected chi connectivity index (χ3v) is 14.5. The number of ether oxygens (including phenoxy) is 2. The number of aliphatic hydroxyl groups excluding tert-OH is 6. The van der Waals surface area contributed by atoms with Gasteiger partial charge in [0.1, 0.15) is 30.0 Å². The number of hydrogen-bond donors (Lipinski definition) is 8. The fourth-order valence-electron chi connectivity index (χ4n) is 11.8. The minimum atomic E-state index is -1.57. The van der Waals surface area contributed by atoms with Crippen LogP contribution >= 0.6 is 0 Å². The average Bonchev–Trinajstić information content (AvgIpc) is 3.37. The maximum atomic E-state index is 12.1. The van der Waals surface area contributed by atoms with E-state index in [1.807, 2.05) is 13.0 Å². The van der Waals surface area contributed by atoms with Gasteiger partial charge in [-0.15, -0.1) is 0 Å². The second-order valence-electron chi connectivity index (χ2n) is 18.0. The summed E-state index contributed by atoms with van der Waals surface area (Å²) in [4.78, 5) is 4.54. The number of aliphatic hydroxyl groups is 7. The van der Waals surface area contributed by atoms with Gasteiger partial charge in [-0.3, -0.25) is 5.26 Å². The number of hydrogen-bond acceptors (Lipinski definition) is 11. The van der Waals surface area contributed by atoms with E-state index in [9.17, 15) is 41.0 Å². The van der Waals surface area contributed by atoms with Crippen molar-refractivity contribution in [2.45, 2.75) is 161 Å². The Hall–Kier alpha value is -0.700. The summed E-state index contributed by atoms with van der Waals surface area (Å²) in [6.07, 6.45) is -0.952. The molecule has 5 rings (SSSR count). The monoisotopic (exact) mass is 670 g/mol. The summed E-state index contributed by atoms with van der Waals surface area (Å²) >= 11 is 0. The standard InChI is InChI=1S/C36H62O11/c1-31(2,47-44)12-9-13-36(8,43)19-10-15-34(6)25(19)20(38)16-23-33(5)14-11-24(39)32(3,4)29(33)21(17-35(23,34)7)45-30-28(42)27(41)26(40)22(18-37)46-30/h9,12,19-30,37-44H,10-11,13-18H2,1-8H3. The smallest absolute Gasteiger partial charge is 0.186 e. The Kier molecular flexibility index (Phi) is 10.00. The maximum Gasteiger partial charge on any atom is 0.186 e. The average molecular weight is 671 g/mol. The van der Waals surface area contributed by atoms with Crippen LogP contribution in [0, 0.1) is 45.3 Å². The van der Waals surface area contributed by atoms with Crippen molar-refractivity contribution in [2.75, 3.05) is 6.61 Å². The van der Waals surface area contributed by atoms with Crippen LogP contribution in [0.4, 0.5) is 0 Å². The maximum absolute atomic E-state index is 12.1. The minimum absolute atomic E-state index is 0.0729. The molecule has 0 radical (unpaired) electrons. The van der Waals surface area contributed by atoms with E-state index >= 15 is 0 Å². The normalized spacial score (nSPS) is 51.2. The first kappa shape index (κ1) is 37.6. The quantitative estimate of drug-likeness (QED) is 0.0821. The molecule has 0 aromatic rings. The highest BCUT2D eigenvalue weighted by Gasteiger charge is 2.73. The van der Waals surface area contributed by atoms with Crippen LogP contribution in [0.2, 0.25) is 0 Å². The molecule has 272 valence electrons. The van der Waals surface area contributed by atoms with Crippen LogP contribution in [0.25, 0.3) is 0 Å². The molecule has 0 aromatic heterocycles. The molecule has 11 nitrogen and oxygen atoms in total. The van der Waals surface area contributed by atoms with Gasteiger partial charge in [-0.05, 0) is 111 Å². The summed E-state index contributed by atoms with van der Waals surface area (Å²) in [5.74, 6) is -0.518.